The van der Waals surface area contributed by atoms with Crippen molar-refractivity contribution in [1.29, 1.82) is 0 Å². The Balaban J connectivity index is 1.57. The molecule has 0 unspecified atom stereocenters. The lowest BCUT2D eigenvalue weighted by molar-refractivity contribution is 0.0376. The number of ether oxygens (including phenoxy) is 2. The second-order valence-electron chi connectivity index (χ2n) is 8.84. The van der Waals surface area contributed by atoms with Gasteiger partial charge in [-0.05, 0) is 62.1 Å². The molecule has 0 aliphatic carbocycles. The molecule has 34 heavy (non-hydrogen) atoms. The minimum atomic E-state index is -0.0312. The van der Waals surface area contributed by atoms with Gasteiger partial charge in [-0.1, -0.05) is 36.8 Å². The molecule has 182 valence electrons. The number of amides is 1. The van der Waals surface area contributed by atoms with E-state index in [1.54, 1.807) is 11.3 Å². The summed E-state index contributed by atoms with van der Waals surface area (Å²) < 4.78 is 12.4. The second-order valence-corrected chi connectivity index (χ2v) is 9.85. The third-order valence-corrected chi connectivity index (χ3v) is 7.40. The molecule has 0 radical (unpaired) electrons. The van der Waals surface area contributed by atoms with Crippen LogP contribution in [0.1, 0.15) is 47.7 Å². The number of fused-ring (bicyclic) bond motifs is 1. The fraction of sp³-hybridized carbons (Fsp3) is 0.481. The molecular weight excluding hydrogens is 446 g/mol. The first kappa shape index (κ1) is 24.6. The average Bonchev–Trinajstić information content (AvgIpc) is 3.29. The van der Waals surface area contributed by atoms with Crippen LogP contribution in [0.3, 0.4) is 0 Å². The van der Waals surface area contributed by atoms with Crippen LogP contribution in [0.15, 0.2) is 36.4 Å². The van der Waals surface area contributed by atoms with E-state index < -0.39 is 0 Å². The third kappa shape index (κ3) is 5.95. The van der Waals surface area contributed by atoms with Crippen molar-refractivity contribution in [3.05, 3.63) is 53.1 Å². The average molecular weight is 482 g/mol. The summed E-state index contributed by atoms with van der Waals surface area (Å²) in [4.78, 5) is 22.9. The molecule has 3 aromatic rings. The Morgan fingerprint density at radius 2 is 2.00 bits per heavy atom. The number of hydrogen-bond donors (Lipinski definition) is 0. The molecule has 1 fully saturated rings. The Bertz CT molecular complexity index is 1110. The van der Waals surface area contributed by atoms with Crippen LogP contribution in [0, 0.1) is 13.8 Å². The first-order valence-electron chi connectivity index (χ1n) is 12.3. The summed E-state index contributed by atoms with van der Waals surface area (Å²) in [6, 6.07) is 11.8. The van der Waals surface area contributed by atoms with E-state index in [9.17, 15) is 4.79 Å². The van der Waals surface area contributed by atoms with Crippen LogP contribution in [0.4, 0.5) is 5.13 Å². The maximum Gasteiger partial charge on any atom is 0.260 e. The van der Waals surface area contributed by atoms with Crippen LogP contribution in [-0.4, -0.2) is 61.8 Å². The first-order valence-corrected chi connectivity index (χ1v) is 13.1. The van der Waals surface area contributed by atoms with Crippen LogP contribution in [0.25, 0.3) is 10.2 Å². The van der Waals surface area contributed by atoms with E-state index in [1.165, 1.54) is 11.1 Å². The molecule has 6 nitrogen and oxygen atoms in total. The first-order chi connectivity index (χ1) is 16.6. The highest BCUT2D eigenvalue weighted by atomic mass is 32.1. The summed E-state index contributed by atoms with van der Waals surface area (Å²) in [5.41, 5.74) is 4.01. The number of aromatic nitrogens is 1. The van der Waals surface area contributed by atoms with Crippen LogP contribution in [0.2, 0.25) is 0 Å². The minimum Gasteiger partial charge on any atom is -0.494 e. The zero-order valence-electron chi connectivity index (χ0n) is 20.5. The summed E-state index contributed by atoms with van der Waals surface area (Å²) in [6.07, 6.45) is 2.95. The molecule has 0 N–H and O–H groups in total. The Hall–Kier alpha value is -2.48. The van der Waals surface area contributed by atoms with Crippen molar-refractivity contribution in [2.75, 3.05) is 50.9 Å². The molecule has 1 saturated heterocycles. The van der Waals surface area contributed by atoms with Gasteiger partial charge >= 0.3 is 0 Å². The lowest BCUT2D eigenvalue weighted by Gasteiger charge is -2.27. The molecular formula is C27H35N3O3S. The molecule has 7 heteroatoms. The van der Waals surface area contributed by atoms with E-state index in [1.807, 2.05) is 29.2 Å². The molecule has 4 rings (SSSR count). The summed E-state index contributed by atoms with van der Waals surface area (Å²) in [6.45, 7) is 12.0. The number of aryl methyl sites for hydroxylation is 2. The fourth-order valence-electron chi connectivity index (χ4n) is 4.10. The Kier molecular flexibility index (Phi) is 8.53. The lowest BCUT2D eigenvalue weighted by atomic mass is 10.1. The predicted octanol–water partition coefficient (Wildman–Crippen LogP) is 5.46. The number of nitrogens with zero attached hydrogens (tertiary/aromatic N) is 3. The second kappa shape index (κ2) is 11.8. The van der Waals surface area contributed by atoms with Gasteiger partial charge in [-0.3, -0.25) is 14.6 Å². The number of anilines is 1. The quantitative estimate of drug-likeness (QED) is 0.360. The van der Waals surface area contributed by atoms with Gasteiger partial charge in [0.2, 0.25) is 0 Å². The summed E-state index contributed by atoms with van der Waals surface area (Å²) >= 11 is 1.59. The summed E-state index contributed by atoms with van der Waals surface area (Å²) in [7, 11) is 0. The van der Waals surface area contributed by atoms with Gasteiger partial charge < -0.3 is 9.47 Å². The monoisotopic (exact) mass is 481 g/mol. The molecule has 0 saturated carbocycles. The molecule has 2 heterocycles. The SMILES string of the molecule is CCCCOc1cccc(C(=O)N(CCCN2CCOCC2)c2nc3c(C)c(C)ccc3s2)c1. The van der Waals surface area contributed by atoms with Gasteiger partial charge in [-0.2, -0.15) is 0 Å². The van der Waals surface area contributed by atoms with Gasteiger partial charge in [-0.25, -0.2) is 4.98 Å². The van der Waals surface area contributed by atoms with Crippen LogP contribution in [0.5, 0.6) is 5.75 Å². The lowest BCUT2D eigenvalue weighted by Crippen LogP contribution is -2.39. The summed E-state index contributed by atoms with van der Waals surface area (Å²) in [5, 5.41) is 0.757. The molecule has 0 spiro atoms. The maximum absolute atomic E-state index is 13.7. The van der Waals surface area contributed by atoms with E-state index in [2.05, 4.69) is 37.8 Å². The zero-order valence-corrected chi connectivity index (χ0v) is 21.3. The van der Waals surface area contributed by atoms with Crippen LogP contribution in [-0.2, 0) is 4.74 Å². The molecule has 0 bridgehead atoms. The Morgan fingerprint density at radius 1 is 1.18 bits per heavy atom. The maximum atomic E-state index is 13.7. The Morgan fingerprint density at radius 3 is 2.79 bits per heavy atom. The smallest absolute Gasteiger partial charge is 0.260 e. The molecule has 0 atom stereocenters. The third-order valence-electron chi connectivity index (χ3n) is 6.36. The predicted molar refractivity (Wildman–Crippen MR) is 139 cm³/mol. The van der Waals surface area contributed by atoms with Crippen molar-refractivity contribution in [3.8, 4) is 5.75 Å². The van der Waals surface area contributed by atoms with E-state index in [0.717, 1.165) is 73.2 Å². The molecule has 1 amide bonds. The van der Waals surface area contributed by atoms with Gasteiger partial charge in [0.05, 0.1) is 30.0 Å². The Labute approximate surface area is 206 Å². The van der Waals surface area contributed by atoms with Gasteiger partial charge in [0.1, 0.15) is 5.75 Å². The highest BCUT2D eigenvalue weighted by Gasteiger charge is 2.23. The fourth-order valence-corrected chi connectivity index (χ4v) is 5.15. The van der Waals surface area contributed by atoms with E-state index in [0.29, 0.717) is 18.7 Å². The number of thiazole rings is 1. The number of carbonyl (C=O) groups excluding carboxylic acids is 1. The normalized spacial score (nSPS) is 14.4. The number of rotatable bonds is 10. The van der Waals surface area contributed by atoms with Crippen molar-refractivity contribution in [3.63, 3.8) is 0 Å². The number of benzene rings is 2. The number of unbranched alkanes of at least 4 members (excludes halogenated alkanes) is 1. The number of morpholine rings is 1. The van der Waals surface area contributed by atoms with Crippen molar-refractivity contribution >= 4 is 32.6 Å². The zero-order chi connectivity index (χ0) is 23.9. The van der Waals surface area contributed by atoms with Crippen LogP contribution >= 0.6 is 11.3 Å². The highest BCUT2D eigenvalue weighted by Crippen LogP contribution is 2.33. The van der Waals surface area contributed by atoms with Crippen molar-refractivity contribution in [2.24, 2.45) is 0 Å². The number of carbonyl (C=O) groups is 1. The molecule has 1 aliphatic rings. The van der Waals surface area contributed by atoms with Crippen molar-refractivity contribution < 1.29 is 14.3 Å². The topological polar surface area (TPSA) is 54.9 Å². The standard InChI is InChI=1S/C27H35N3O3S/c1-4-5-16-33-23-9-6-8-22(19-23)26(31)30(13-7-12-29-14-17-32-18-15-29)27-28-25-21(3)20(2)10-11-24(25)34-27/h6,8-11,19H,4-5,7,12-18H2,1-3H3. The largest absolute Gasteiger partial charge is 0.494 e. The van der Waals surface area contributed by atoms with E-state index in [4.69, 9.17) is 14.5 Å². The van der Waals surface area contributed by atoms with Gasteiger partial charge in [0.25, 0.3) is 5.91 Å². The van der Waals surface area contributed by atoms with Crippen molar-refractivity contribution in [1.82, 2.24) is 9.88 Å². The highest BCUT2D eigenvalue weighted by molar-refractivity contribution is 7.22. The van der Waals surface area contributed by atoms with Crippen LogP contribution < -0.4 is 9.64 Å². The number of hydrogen-bond acceptors (Lipinski definition) is 6. The summed E-state index contributed by atoms with van der Waals surface area (Å²) in [5.74, 6) is 0.708. The minimum absolute atomic E-state index is 0.0312. The molecule has 2 aromatic carbocycles. The van der Waals surface area contributed by atoms with Gasteiger partial charge in [0, 0.05) is 31.7 Å². The van der Waals surface area contributed by atoms with E-state index in [-0.39, 0.29) is 5.91 Å². The van der Waals surface area contributed by atoms with Crippen molar-refractivity contribution in [2.45, 2.75) is 40.0 Å². The van der Waals surface area contributed by atoms with Gasteiger partial charge in [-0.15, -0.1) is 0 Å². The molecule has 1 aliphatic heterocycles. The molecule has 1 aromatic heterocycles. The van der Waals surface area contributed by atoms with E-state index >= 15 is 0 Å². The van der Waals surface area contributed by atoms with Gasteiger partial charge in [0.15, 0.2) is 5.13 Å².